The van der Waals surface area contributed by atoms with Gasteiger partial charge in [-0.05, 0) is 0 Å². The van der Waals surface area contributed by atoms with Gasteiger partial charge in [-0.15, -0.1) is 0 Å². The SMILES string of the molecule is O=C[O-].O=C[O-].O=C[O-].O=C[O-].[W]. The fourth-order valence-corrected chi connectivity index (χ4v) is 0. The maximum absolute atomic E-state index is 8.25. The summed E-state index contributed by atoms with van der Waals surface area (Å²) in [7, 11) is 0. The van der Waals surface area contributed by atoms with Crippen LogP contribution in [0.3, 0.4) is 0 Å². The smallest absolute Gasteiger partial charge is 0.0275 e. The van der Waals surface area contributed by atoms with Crippen molar-refractivity contribution in [2.45, 2.75) is 0 Å². The Bertz CT molecular complexity index is 70.1. The van der Waals surface area contributed by atoms with E-state index in [1.54, 1.807) is 0 Å². The fraction of sp³-hybridized carbons (Fsp3) is 0. The van der Waals surface area contributed by atoms with Crippen molar-refractivity contribution in [3.8, 4) is 0 Å². The van der Waals surface area contributed by atoms with Crippen molar-refractivity contribution >= 4 is 25.9 Å². The van der Waals surface area contributed by atoms with Crippen molar-refractivity contribution in [3.63, 3.8) is 0 Å². The Labute approximate surface area is 87.1 Å². The van der Waals surface area contributed by atoms with E-state index in [1.165, 1.54) is 0 Å². The molecule has 0 aromatic heterocycles. The third-order valence-electron chi connectivity index (χ3n) is 0. The monoisotopic (exact) mass is 364 g/mol. The summed E-state index contributed by atoms with van der Waals surface area (Å²) in [4.78, 5) is 33.0. The van der Waals surface area contributed by atoms with E-state index in [9.17, 15) is 0 Å². The summed E-state index contributed by atoms with van der Waals surface area (Å²) in [6, 6.07) is 0. The number of carbonyl (C=O) groups excluding carboxylic acids is 4. The van der Waals surface area contributed by atoms with Crippen molar-refractivity contribution in [1.29, 1.82) is 0 Å². The second-order valence-corrected chi connectivity index (χ2v) is 0.385. The number of carbonyl (C=O) groups is 4. The third kappa shape index (κ3) is 379. The van der Waals surface area contributed by atoms with Gasteiger partial charge < -0.3 is 39.6 Å². The van der Waals surface area contributed by atoms with Gasteiger partial charge >= 0.3 is 0 Å². The van der Waals surface area contributed by atoms with E-state index >= 15 is 0 Å². The Morgan fingerprint density at radius 1 is 0.538 bits per heavy atom. The van der Waals surface area contributed by atoms with E-state index in [2.05, 4.69) is 0 Å². The van der Waals surface area contributed by atoms with Gasteiger partial charge in [-0.3, -0.25) is 0 Å². The zero-order chi connectivity index (χ0) is 10.8. The van der Waals surface area contributed by atoms with E-state index in [0.29, 0.717) is 0 Å². The van der Waals surface area contributed by atoms with Crippen LogP contribution in [0.4, 0.5) is 0 Å². The van der Waals surface area contributed by atoms with Gasteiger partial charge in [0.2, 0.25) is 0 Å². The first kappa shape index (κ1) is 29.9. The van der Waals surface area contributed by atoms with Crippen LogP contribution in [0.1, 0.15) is 0 Å². The standard InChI is InChI=1S/4CH2O2.W/c4*2-1-3;/h4*1H,(H,2,3);/p-4. The molecule has 0 aromatic carbocycles. The second-order valence-electron chi connectivity index (χ2n) is 0.385. The van der Waals surface area contributed by atoms with Gasteiger partial charge in [-0.1, -0.05) is 0 Å². The average Bonchev–Trinajstić information content (AvgIpc) is 1.92. The largest absolute Gasteiger partial charge is 0.554 e. The summed E-state index contributed by atoms with van der Waals surface area (Å²) in [5.74, 6) is 0. The van der Waals surface area contributed by atoms with Crippen LogP contribution in [0.2, 0.25) is 0 Å². The predicted molar refractivity (Wildman–Crippen MR) is 24.3 cm³/mol. The van der Waals surface area contributed by atoms with Crippen LogP contribution in [-0.2, 0) is 40.2 Å². The predicted octanol–water partition coefficient (Wildman–Crippen LogP) is -6.54. The first-order valence-corrected chi connectivity index (χ1v) is 1.89. The van der Waals surface area contributed by atoms with Gasteiger partial charge in [0.25, 0.3) is 0 Å². The first-order valence-electron chi connectivity index (χ1n) is 1.89. The normalized spacial score (nSPS) is 3.69. The van der Waals surface area contributed by atoms with Crippen LogP contribution in [0.5, 0.6) is 0 Å². The molecule has 0 radical (unpaired) electrons. The average molecular weight is 364 g/mol. The Hall–Kier alpha value is -1.43. The second kappa shape index (κ2) is 147. The van der Waals surface area contributed by atoms with Crippen LogP contribution in [-0.4, -0.2) is 25.9 Å². The van der Waals surface area contributed by atoms with Gasteiger partial charge in [0, 0.05) is 47.0 Å². The van der Waals surface area contributed by atoms with Gasteiger partial charge in [-0.25, -0.2) is 0 Å². The maximum atomic E-state index is 8.25. The molecule has 0 aliphatic rings. The number of hydrogen-bond donors (Lipinski definition) is 0. The molecule has 0 heterocycles. The molecule has 0 N–H and O–H groups in total. The molecule has 0 unspecified atom stereocenters. The summed E-state index contributed by atoms with van der Waals surface area (Å²) in [5.41, 5.74) is 0. The summed E-state index contributed by atoms with van der Waals surface area (Å²) < 4.78 is 0. The Kier molecular flexibility index (Phi) is 338. The summed E-state index contributed by atoms with van der Waals surface area (Å²) in [5, 5.41) is 33.0. The minimum atomic E-state index is -0.500. The molecule has 13 heavy (non-hydrogen) atoms. The van der Waals surface area contributed by atoms with Gasteiger partial charge in [0.05, 0.1) is 0 Å². The first-order chi connectivity index (χ1) is 5.66. The molecule has 0 aromatic rings. The van der Waals surface area contributed by atoms with E-state index in [1.807, 2.05) is 0 Å². The van der Waals surface area contributed by atoms with Gasteiger partial charge in [0.1, 0.15) is 0 Å². The van der Waals surface area contributed by atoms with Gasteiger partial charge in [0.15, 0.2) is 0 Å². The van der Waals surface area contributed by atoms with E-state index in [0.717, 1.165) is 0 Å². The molecule has 0 saturated heterocycles. The minimum Gasteiger partial charge on any atom is -0.554 e. The summed E-state index contributed by atoms with van der Waals surface area (Å²) in [6.07, 6.45) is 0. The molecule has 9 heteroatoms. The molecule has 0 atom stereocenters. The number of rotatable bonds is 0. The molecule has 78 valence electrons. The Morgan fingerprint density at radius 2 is 0.538 bits per heavy atom. The quantitative estimate of drug-likeness (QED) is 0.384. The fourth-order valence-electron chi connectivity index (χ4n) is 0. The van der Waals surface area contributed by atoms with Crippen molar-refractivity contribution in [2.24, 2.45) is 0 Å². The van der Waals surface area contributed by atoms with Crippen LogP contribution in [0, 0.1) is 0 Å². The van der Waals surface area contributed by atoms with Crippen LogP contribution < -0.4 is 20.4 Å². The molecule has 8 nitrogen and oxygen atoms in total. The Morgan fingerprint density at radius 3 is 0.538 bits per heavy atom. The van der Waals surface area contributed by atoms with Crippen molar-refractivity contribution < 1.29 is 60.7 Å². The minimum absolute atomic E-state index is 0. The summed E-state index contributed by atoms with van der Waals surface area (Å²) in [6.45, 7) is -2.00. The van der Waals surface area contributed by atoms with Gasteiger partial charge in [-0.2, -0.15) is 0 Å². The van der Waals surface area contributed by atoms with Crippen LogP contribution in [0.25, 0.3) is 0 Å². The van der Waals surface area contributed by atoms with Crippen molar-refractivity contribution in [3.05, 3.63) is 0 Å². The van der Waals surface area contributed by atoms with E-state index in [-0.39, 0.29) is 21.1 Å². The summed E-state index contributed by atoms with van der Waals surface area (Å²) >= 11 is 0. The van der Waals surface area contributed by atoms with Crippen molar-refractivity contribution in [2.75, 3.05) is 0 Å². The molecular weight excluding hydrogens is 360 g/mol. The van der Waals surface area contributed by atoms with Crippen molar-refractivity contribution in [1.82, 2.24) is 0 Å². The zero-order valence-corrected chi connectivity index (χ0v) is 8.92. The topological polar surface area (TPSA) is 161 Å². The Balaban J connectivity index is -0.0000000213. The van der Waals surface area contributed by atoms with Crippen LogP contribution in [0.15, 0.2) is 0 Å². The molecule has 0 saturated carbocycles. The third-order valence-corrected chi connectivity index (χ3v) is 0. The molecule has 0 aliphatic heterocycles. The molecule has 0 fully saturated rings. The number of hydrogen-bond acceptors (Lipinski definition) is 8. The molecule has 0 spiro atoms. The van der Waals surface area contributed by atoms with E-state index < -0.39 is 25.9 Å². The van der Waals surface area contributed by atoms with E-state index in [4.69, 9.17) is 39.6 Å². The molecule has 0 aliphatic carbocycles. The zero-order valence-electron chi connectivity index (χ0n) is 5.98. The maximum Gasteiger partial charge on any atom is 0.0275 e. The number of carboxylic acid groups (broad SMARTS) is 4. The van der Waals surface area contributed by atoms with Crippen LogP contribution >= 0.6 is 0 Å². The molecule has 0 amide bonds. The molecule has 0 rings (SSSR count). The molecule has 0 bridgehead atoms. The molecular formula is C4H4O8W-4.